The number of benzene rings is 2. The van der Waals surface area contributed by atoms with Gasteiger partial charge in [0, 0.05) is 64.5 Å². The number of likely N-dealkylation sites (tertiary alicyclic amines) is 1. The summed E-state index contributed by atoms with van der Waals surface area (Å²) in [5.74, 6) is -0.448. The lowest BCUT2D eigenvalue weighted by molar-refractivity contribution is -0.385. The fourth-order valence-corrected chi connectivity index (χ4v) is 4.47. The standard InChI is InChI=1S/C24H30FN3O5/c1-32-11-10-27(24(29)17-33-2)15-20-14-26(13-19-6-3-4-9-23(19)28(30)31)16-22(20)18-7-5-8-21(25)12-18/h3-9,12,20,22H,10-11,13-17H2,1-2H3/t20-,22+/m0/s1. The zero-order chi connectivity index (χ0) is 23.8. The SMILES string of the molecule is COCCN(C[C@@H]1CN(Cc2ccccc2[N+](=O)[O-])C[C@@H]1c1cccc(F)c1)C(=O)COC. The number of halogens is 1. The molecule has 178 valence electrons. The first-order valence-electron chi connectivity index (χ1n) is 10.9. The molecule has 33 heavy (non-hydrogen) atoms. The number of ether oxygens (including phenoxy) is 2. The lowest BCUT2D eigenvalue weighted by atomic mass is 9.88. The fourth-order valence-electron chi connectivity index (χ4n) is 4.47. The molecule has 2 aromatic carbocycles. The molecule has 0 saturated carbocycles. The number of nitro groups is 1. The predicted octanol–water partition coefficient (Wildman–Crippen LogP) is 3.07. The van der Waals surface area contributed by atoms with Crippen LogP contribution in [-0.2, 0) is 20.8 Å². The maximum absolute atomic E-state index is 14.0. The average Bonchev–Trinajstić information content (AvgIpc) is 3.19. The van der Waals surface area contributed by atoms with Crippen LogP contribution in [0.25, 0.3) is 0 Å². The second-order valence-electron chi connectivity index (χ2n) is 8.27. The van der Waals surface area contributed by atoms with E-state index >= 15 is 0 Å². The number of methoxy groups -OCH3 is 2. The number of nitrogens with zero attached hydrogens (tertiary/aromatic N) is 3. The maximum Gasteiger partial charge on any atom is 0.273 e. The summed E-state index contributed by atoms with van der Waals surface area (Å²) in [7, 11) is 3.06. The van der Waals surface area contributed by atoms with E-state index in [9.17, 15) is 19.3 Å². The molecule has 0 aromatic heterocycles. The van der Waals surface area contributed by atoms with Gasteiger partial charge in [-0.1, -0.05) is 30.3 Å². The Morgan fingerprint density at radius 2 is 1.97 bits per heavy atom. The summed E-state index contributed by atoms with van der Waals surface area (Å²) in [5, 5.41) is 11.4. The molecule has 0 bridgehead atoms. The lowest BCUT2D eigenvalue weighted by Gasteiger charge is -2.28. The Kier molecular flexibility index (Phi) is 8.87. The molecule has 1 fully saturated rings. The van der Waals surface area contributed by atoms with Crippen LogP contribution < -0.4 is 0 Å². The highest BCUT2D eigenvalue weighted by Gasteiger charge is 2.36. The van der Waals surface area contributed by atoms with E-state index in [1.165, 1.54) is 25.3 Å². The normalized spacial score (nSPS) is 18.4. The molecule has 2 atom stereocenters. The summed E-state index contributed by atoms with van der Waals surface area (Å²) in [5.41, 5.74) is 1.57. The van der Waals surface area contributed by atoms with Crippen LogP contribution in [0, 0.1) is 21.8 Å². The first-order chi connectivity index (χ1) is 15.9. The molecule has 8 nitrogen and oxygen atoms in total. The van der Waals surface area contributed by atoms with Gasteiger partial charge in [0.25, 0.3) is 5.69 Å². The zero-order valence-electron chi connectivity index (χ0n) is 19.0. The van der Waals surface area contributed by atoms with Crippen molar-refractivity contribution in [1.29, 1.82) is 0 Å². The number of para-hydroxylation sites is 1. The minimum absolute atomic E-state index is 0.0206. The maximum atomic E-state index is 14.0. The molecule has 0 N–H and O–H groups in total. The molecule has 3 rings (SSSR count). The summed E-state index contributed by atoms with van der Waals surface area (Å²) >= 11 is 0. The van der Waals surface area contributed by atoms with Crippen molar-refractivity contribution >= 4 is 11.6 Å². The molecule has 1 aliphatic rings. The van der Waals surface area contributed by atoms with E-state index in [0.29, 0.717) is 44.9 Å². The van der Waals surface area contributed by atoms with Crippen LogP contribution in [-0.4, -0.2) is 74.2 Å². The number of carbonyl (C=O) groups is 1. The summed E-state index contributed by atoms with van der Waals surface area (Å²) in [6.07, 6.45) is 0. The number of nitro benzene ring substituents is 1. The quantitative estimate of drug-likeness (QED) is 0.379. The first kappa shape index (κ1) is 24.8. The van der Waals surface area contributed by atoms with Crippen LogP contribution in [0.3, 0.4) is 0 Å². The van der Waals surface area contributed by atoms with Gasteiger partial charge in [-0.05, 0) is 23.6 Å². The van der Waals surface area contributed by atoms with Gasteiger partial charge in [-0.2, -0.15) is 0 Å². The van der Waals surface area contributed by atoms with Crippen molar-refractivity contribution in [2.75, 3.05) is 53.6 Å². The number of carbonyl (C=O) groups excluding carboxylic acids is 1. The Labute approximate surface area is 193 Å². The monoisotopic (exact) mass is 459 g/mol. The second kappa shape index (κ2) is 11.8. The highest BCUT2D eigenvalue weighted by atomic mass is 19.1. The number of hydrogen-bond donors (Lipinski definition) is 0. The highest BCUT2D eigenvalue weighted by Crippen LogP contribution is 2.35. The lowest BCUT2D eigenvalue weighted by Crippen LogP contribution is -2.41. The highest BCUT2D eigenvalue weighted by molar-refractivity contribution is 5.77. The summed E-state index contributed by atoms with van der Waals surface area (Å²) in [4.78, 5) is 27.6. The van der Waals surface area contributed by atoms with Crippen molar-refractivity contribution in [3.05, 3.63) is 75.6 Å². The van der Waals surface area contributed by atoms with Crippen LogP contribution >= 0.6 is 0 Å². The van der Waals surface area contributed by atoms with Crippen LogP contribution in [0.15, 0.2) is 48.5 Å². The van der Waals surface area contributed by atoms with Gasteiger partial charge in [0.1, 0.15) is 12.4 Å². The fraction of sp³-hybridized carbons (Fsp3) is 0.458. The van der Waals surface area contributed by atoms with Crippen LogP contribution in [0.1, 0.15) is 17.0 Å². The van der Waals surface area contributed by atoms with E-state index < -0.39 is 0 Å². The van der Waals surface area contributed by atoms with Crippen molar-refractivity contribution in [2.45, 2.75) is 12.5 Å². The topological polar surface area (TPSA) is 85.1 Å². The summed E-state index contributed by atoms with van der Waals surface area (Å²) < 4.78 is 24.2. The van der Waals surface area contributed by atoms with E-state index in [0.717, 1.165) is 5.56 Å². The third kappa shape index (κ3) is 6.56. The van der Waals surface area contributed by atoms with Crippen LogP contribution in [0.4, 0.5) is 10.1 Å². The molecule has 1 aliphatic heterocycles. The third-order valence-corrected chi connectivity index (χ3v) is 6.02. The van der Waals surface area contributed by atoms with Crippen LogP contribution in [0.2, 0.25) is 0 Å². The molecule has 0 radical (unpaired) electrons. The van der Waals surface area contributed by atoms with Gasteiger partial charge in [0.15, 0.2) is 0 Å². The Bertz CT molecular complexity index is 957. The van der Waals surface area contributed by atoms with Crippen LogP contribution in [0.5, 0.6) is 0 Å². The van der Waals surface area contributed by atoms with Gasteiger partial charge in [-0.25, -0.2) is 4.39 Å². The molecule has 1 amide bonds. The average molecular weight is 460 g/mol. The van der Waals surface area contributed by atoms with Crippen molar-refractivity contribution in [3.63, 3.8) is 0 Å². The van der Waals surface area contributed by atoms with Crippen molar-refractivity contribution in [2.24, 2.45) is 5.92 Å². The second-order valence-corrected chi connectivity index (χ2v) is 8.27. The van der Waals surface area contributed by atoms with E-state index in [1.807, 2.05) is 6.07 Å². The molecule has 9 heteroatoms. The Balaban J connectivity index is 1.84. The Morgan fingerprint density at radius 1 is 1.18 bits per heavy atom. The number of rotatable bonds is 11. The van der Waals surface area contributed by atoms with Crippen molar-refractivity contribution in [1.82, 2.24) is 9.80 Å². The minimum atomic E-state index is -0.372. The van der Waals surface area contributed by atoms with Gasteiger partial charge in [0.2, 0.25) is 5.91 Å². The molecular formula is C24H30FN3O5. The summed E-state index contributed by atoms with van der Waals surface area (Å²) in [6.45, 7) is 2.89. The van der Waals surface area contributed by atoms with E-state index in [1.54, 1.807) is 36.3 Å². The van der Waals surface area contributed by atoms with E-state index in [2.05, 4.69) is 4.90 Å². The van der Waals surface area contributed by atoms with Gasteiger partial charge in [-0.3, -0.25) is 19.8 Å². The molecule has 1 saturated heterocycles. The van der Waals surface area contributed by atoms with Crippen molar-refractivity contribution < 1.29 is 23.6 Å². The predicted molar refractivity (Wildman–Crippen MR) is 121 cm³/mol. The van der Waals surface area contributed by atoms with Gasteiger partial charge in [0.05, 0.1) is 11.5 Å². The molecule has 2 aromatic rings. The molecule has 0 aliphatic carbocycles. The first-order valence-corrected chi connectivity index (χ1v) is 10.9. The number of hydrogen-bond acceptors (Lipinski definition) is 6. The molecule has 1 heterocycles. The summed E-state index contributed by atoms with van der Waals surface area (Å²) in [6, 6.07) is 13.2. The van der Waals surface area contributed by atoms with E-state index in [4.69, 9.17) is 9.47 Å². The molecule has 0 unspecified atom stereocenters. The Hall–Kier alpha value is -2.88. The minimum Gasteiger partial charge on any atom is -0.383 e. The van der Waals surface area contributed by atoms with Gasteiger partial charge >= 0.3 is 0 Å². The zero-order valence-corrected chi connectivity index (χ0v) is 19.0. The number of amides is 1. The Morgan fingerprint density at radius 3 is 2.67 bits per heavy atom. The largest absolute Gasteiger partial charge is 0.383 e. The smallest absolute Gasteiger partial charge is 0.273 e. The molecular weight excluding hydrogens is 429 g/mol. The van der Waals surface area contributed by atoms with Crippen molar-refractivity contribution in [3.8, 4) is 0 Å². The van der Waals surface area contributed by atoms with Gasteiger partial charge in [-0.15, -0.1) is 0 Å². The van der Waals surface area contributed by atoms with E-state index in [-0.39, 0.29) is 40.8 Å². The van der Waals surface area contributed by atoms with Gasteiger partial charge < -0.3 is 14.4 Å². The molecule has 0 spiro atoms. The third-order valence-electron chi connectivity index (χ3n) is 6.02.